The van der Waals surface area contributed by atoms with Gasteiger partial charge < -0.3 is 14.8 Å². The summed E-state index contributed by atoms with van der Waals surface area (Å²) < 4.78 is 0. The van der Waals surface area contributed by atoms with Crippen molar-refractivity contribution in [3.63, 3.8) is 0 Å². The number of H-pyrrole nitrogens is 1. The fraction of sp³-hybridized carbons (Fsp3) is 0.350. The zero-order valence-electron chi connectivity index (χ0n) is 15.4. The second kappa shape index (κ2) is 6.44. The molecule has 0 radical (unpaired) electrons. The SMILES string of the molecule is Cc1ccc2nc([C@H]3CCCN3C(=O)c3cc(N(C)C)ccn3)[nH]c2c1. The van der Waals surface area contributed by atoms with Crippen LogP contribution in [0, 0.1) is 6.92 Å². The number of nitrogens with zero attached hydrogens (tertiary/aromatic N) is 4. The minimum Gasteiger partial charge on any atom is -0.378 e. The molecule has 1 N–H and O–H groups in total. The third-order valence-electron chi connectivity index (χ3n) is 4.96. The summed E-state index contributed by atoms with van der Waals surface area (Å²) in [4.78, 5) is 29.4. The van der Waals surface area contributed by atoms with E-state index in [0.717, 1.165) is 41.9 Å². The van der Waals surface area contributed by atoms with Crippen LogP contribution in [0.2, 0.25) is 0 Å². The van der Waals surface area contributed by atoms with Gasteiger partial charge in [0.2, 0.25) is 0 Å². The first kappa shape index (κ1) is 16.6. The highest BCUT2D eigenvalue weighted by Gasteiger charge is 2.33. The van der Waals surface area contributed by atoms with Crippen molar-refractivity contribution in [3.8, 4) is 0 Å². The third-order valence-corrected chi connectivity index (χ3v) is 4.96. The van der Waals surface area contributed by atoms with Gasteiger partial charge in [-0.05, 0) is 49.6 Å². The lowest BCUT2D eigenvalue weighted by atomic mass is 10.2. The molecule has 3 aromatic rings. The van der Waals surface area contributed by atoms with E-state index in [0.29, 0.717) is 5.69 Å². The minimum absolute atomic E-state index is 0.0278. The Kier molecular flexibility index (Phi) is 4.11. The number of rotatable bonds is 3. The number of amides is 1. The molecule has 1 aliphatic rings. The van der Waals surface area contributed by atoms with Gasteiger partial charge in [0.15, 0.2) is 0 Å². The van der Waals surface area contributed by atoms with Gasteiger partial charge in [-0.15, -0.1) is 0 Å². The summed E-state index contributed by atoms with van der Waals surface area (Å²) >= 11 is 0. The van der Waals surface area contributed by atoms with Gasteiger partial charge in [-0.25, -0.2) is 4.98 Å². The number of benzene rings is 1. The van der Waals surface area contributed by atoms with Crippen molar-refractivity contribution in [2.75, 3.05) is 25.5 Å². The van der Waals surface area contributed by atoms with Crippen molar-refractivity contribution in [2.45, 2.75) is 25.8 Å². The molecule has 3 heterocycles. The molecule has 0 unspecified atom stereocenters. The fourth-order valence-electron chi connectivity index (χ4n) is 3.56. The zero-order valence-corrected chi connectivity index (χ0v) is 15.4. The normalized spacial score (nSPS) is 17.0. The van der Waals surface area contributed by atoms with Crippen LogP contribution in [-0.4, -0.2) is 46.4 Å². The van der Waals surface area contributed by atoms with E-state index in [2.05, 4.69) is 29.0 Å². The molecule has 0 bridgehead atoms. The Morgan fingerprint density at radius 2 is 2.12 bits per heavy atom. The van der Waals surface area contributed by atoms with Crippen molar-refractivity contribution in [1.29, 1.82) is 0 Å². The Hall–Kier alpha value is -2.89. The van der Waals surface area contributed by atoms with Crippen LogP contribution < -0.4 is 4.90 Å². The van der Waals surface area contributed by atoms with Crippen molar-refractivity contribution >= 4 is 22.6 Å². The molecule has 1 amide bonds. The van der Waals surface area contributed by atoms with Crippen LogP contribution >= 0.6 is 0 Å². The average Bonchev–Trinajstić information content (AvgIpc) is 3.27. The molecule has 1 fully saturated rings. The number of anilines is 1. The lowest BCUT2D eigenvalue weighted by molar-refractivity contribution is 0.0724. The smallest absolute Gasteiger partial charge is 0.273 e. The van der Waals surface area contributed by atoms with Gasteiger partial charge in [-0.1, -0.05) is 6.07 Å². The van der Waals surface area contributed by atoms with Crippen LogP contribution in [0.25, 0.3) is 11.0 Å². The highest BCUT2D eigenvalue weighted by atomic mass is 16.2. The molecule has 0 aliphatic carbocycles. The number of carbonyl (C=O) groups is 1. The van der Waals surface area contributed by atoms with E-state index in [1.54, 1.807) is 6.20 Å². The molecule has 6 nitrogen and oxygen atoms in total. The summed E-state index contributed by atoms with van der Waals surface area (Å²) in [6.45, 7) is 2.79. The Labute approximate surface area is 152 Å². The van der Waals surface area contributed by atoms with Crippen molar-refractivity contribution in [1.82, 2.24) is 19.9 Å². The summed E-state index contributed by atoms with van der Waals surface area (Å²) in [7, 11) is 3.91. The molecule has 1 aromatic carbocycles. The number of pyridine rings is 1. The van der Waals surface area contributed by atoms with Gasteiger partial charge in [0, 0.05) is 32.5 Å². The van der Waals surface area contributed by atoms with Crippen LogP contribution in [-0.2, 0) is 0 Å². The molecule has 26 heavy (non-hydrogen) atoms. The number of aryl methyl sites for hydroxylation is 1. The quantitative estimate of drug-likeness (QED) is 0.788. The molecule has 2 aromatic heterocycles. The maximum Gasteiger partial charge on any atom is 0.273 e. The minimum atomic E-state index is -0.0344. The number of fused-ring (bicyclic) bond motifs is 1. The van der Waals surface area contributed by atoms with Crippen LogP contribution in [0.5, 0.6) is 0 Å². The second-order valence-electron chi connectivity index (χ2n) is 7.09. The molecule has 1 saturated heterocycles. The first-order chi connectivity index (χ1) is 12.5. The lowest BCUT2D eigenvalue weighted by Crippen LogP contribution is -2.31. The maximum atomic E-state index is 13.1. The maximum absolute atomic E-state index is 13.1. The van der Waals surface area contributed by atoms with Crippen LogP contribution in [0.15, 0.2) is 36.5 Å². The molecule has 4 rings (SSSR count). The van der Waals surface area contributed by atoms with E-state index in [1.165, 1.54) is 5.56 Å². The topological polar surface area (TPSA) is 65.1 Å². The average molecular weight is 349 g/mol. The molecule has 1 atom stereocenters. The van der Waals surface area contributed by atoms with Crippen molar-refractivity contribution in [3.05, 3.63) is 53.6 Å². The third kappa shape index (κ3) is 2.92. The highest BCUT2D eigenvalue weighted by molar-refractivity contribution is 5.93. The summed E-state index contributed by atoms with van der Waals surface area (Å²) in [6.07, 6.45) is 3.58. The highest BCUT2D eigenvalue weighted by Crippen LogP contribution is 2.32. The standard InChI is InChI=1S/C20H23N5O/c1-13-6-7-15-16(11-13)23-19(22-15)18-5-4-10-25(18)20(26)17-12-14(24(2)3)8-9-21-17/h6-9,11-12,18H,4-5,10H2,1-3H3,(H,22,23)/t18-/m1/s1. The molecule has 134 valence electrons. The number of nitrogens with one attached hydrogen (secondary N) is 1. The van der Waals surface area contributed by atoms with E-state index in [9.17, 15) is 4.79 Å². The Bertz CT molecular complexity index is 962. The van der Waals surface area contributed by atoms with E-state index < -0.39 is 0 Å². The second-order valence-corrected chi connectivity index (χ2v) is 7.09. The number of carbonyl (C=O) groups excluding carboxylic acids is 1. The number of hydrogen-bond acceptors (Lipinski definition) is 4. The van der Waals surface area contributed by atoms with Gasteiger partial charge in [-0.3, -0.25) is 9.78 Å². The van der Waals surface area contributed by atoms with Gasteiger partial charge in [0.05, 0.1) is 17.1 Å². The van der Waals surface area contributed by atoms with Gasteiger partial charge >= 0.3 is 0 Å². The van der Waals surface area contributed by atoms with Crippen molar-refractivity contribution in [2.24, 2.45) is 0 Å². The molecule has 0 spiro atoms. The van der Waals surface area contributed by atoms with Gasteiger partial charge in [-0.2, -0.15) is 0 Å². The number of hydrogen-bond donors (Lipinski definition) is 1. The molecular formula is C20H23N5O. The number of likely N-dealkylation sites (tertiary alicyclic amines) is 1. The Balaban J connectivity index is 1.65. The van der Waals surface area contributed by atoms with Crippen LogP contribution in [0.4, 0.5) is 5.69 Å². The van der Waals surface area contributed by atoms with E-state index >= 15 is 0 Å². The van der Waals surface area contributed by atoms with Crippen LogP contribution in [0.3, 0.4) is 0 Å². The fourth-order valence-corrected chi connectivity index (χ4v) is 3.56. The molecule has 6 heteroatoms. The predicted octanol–water partition coefficient (Wildman–Crippen LogP) is 3.31. The summed E-state index contributed by atoms with van der Waals surface area (Å²) in [6, 6.07) is 9.89. The predicted molar refractivity (Wildman–Crippen MR) is 102 cm³/mol. The van der Waals surface area contributed by atoms with Crippen LogP contribution in [0.1, 0.15) is 40.8 Å². The lowest BCUT2D eigenvalue weighted by Gasteiger charge is -2.23. The molecule has 1 aliphatic heterocycles. The molecule has 0 saturated carbocycles. The Morgan fingerprint density at radius 1 is 1.27 bits per heavy atom. The summed E-state index contributed by atoms with van der Waals surface area (Å²) in [5, 5.41) is 0. The summed E-state index contributed by atoms with van der Waals surface area (Å²) in [5.41, 5.74) is 4.61. The monoisotopic (exact) mass is 349 g/mol. The number of aromatic nitrogens is 3. The number of imidazole rings is 1. The van der Waals surface area contributed by atoms with Gasteiger partial charge in [0.1, 0.15) is 11.5 Å². The van der Waals surface area contributed by atoms with E-state index in [4.69, 9.17) is 4.98 Å². The largest absolute Gasteiger partial charge is 0.378 e. The van der Waals surface area contributed by atoms with E-state index in [1.807, 2.05) is 42.1 Å². The van der Waals surface area contributed by atoms with Gasteiger partial charge in [0.25, 0.3) is 5.91 Å². The Morgan fingerprint density at radius 3 is 2.92 bits per heavy atom. The molecular weight excluding hydrogens is 326 g/mol. The van der Waals surface area contributed by atoms with E-state index in [-0.39, 0.29) is 11.9 Å². The first-order valence-electron chi connectivity index (χ1n) is 8.93. The number of aromatic amines is 1. The van der Waals surface area contributed by atoms with Crippen molar-refractivity contribution < 1.29 is 4.79 Å². The first-order valence-corrected chi connectivity index (χ1v) is 8.93. The zero-order chi connectivity index (χ0) is 18.3. The summed E-state index contributed by atoms with van der Waals surface area (Å²) in [5.74, 6) is 0.827.